The van der Waals surface area contributed by atoms with Gasteiger partial charge in [0, 0.05) is 24.4 Å². The molecule has 1 saturated heterocycles. The molecule has 188 valence electrons. The fourth-order valence-electron chi connectivity index (χ4n) is 4.59. The van der Waals surface area contributed by atoms with Gasteiger partial charge in [0.15, 0.2) is 16.7 Å². The lowest BCUT2D eigenvalue weighted by Crippen LogP contribution is -2.39. The molecular formula is C25H31N3O6S. The van der Waals surface area contributed by atoms with Gasteiger partial charge in [-0.15, -0.1) is 0 Å². The van der Waals surface area contributed by atoms with E-state index in [2.05, 4.69) is 5.32 Å². The van der Waals surface area contributed by atoms with Gasteiger partial charge in [-0.1, -0.05) is 30.8 Å². The molecule has 4 rings (SSSR count). The highest BCUT2D eigenvalue weighted by atomic mass is 32.2. The van der Waals surface area contributed by atoms with Crippen LogP contribution in [0.1, 0.15) is 44.2 Å². The average Bonchev–Trinajstić information content (AvgIpc) is 3.55. The van der Waals surface area contributed by atoms with E-state index in [0.717, 1.165) is 30.7 Å². The lowest BCUT2D eigenvalue weighted by atomic mass is 9.92. The summed E-state index contributed by atoms with van der Waals surface area (Å²) in [4.78, 5) is 32.6. The normalized spacial score (nSPS) is 21.3. The second-order valence-electron chi connectivity index (χ2n) is 8.30. The van der Waals surface area contributed by atoms with Gasteiger partial charge in [0.25, 0.3) is 0 Å². The molecule has 0 bridgehead atoms. The first-order valence-electron chi connectivity index (χ1n) is 11.7. The maximum absolute atomic E-state index is 13.1. The monoisotopic (exact) mass is 501 g/mol. The van der Waals surface area contributed by atoms with Crippen LogP contribution >= 0.6 is 11.8 Å². The molecule has 0 unspecified atom stereocenters. The molecule has 0 saturated carbocycles. The molecule has 3 aliphatic heterocycles. The number of nitrogens with zero attached hydrogens (tertiary/aromatic N) is 2. The summed E-state index contributed by atoms with van der Waals surface area (Å²) in [5, 5.41) is 5.59. The fourth-order valence-corrected chi connectivity index (χ4v) is 5.53. The Morgan fingerprint density at radius 1 is 1.26 bits per heavy atom. The number of hydrogen-bond donors (Lipinski definition) is 1. The number of fused-ring (bicyclic) bond motifs is 1. The highest BCUT2D eigenvalue weighted by Gasteiger charge is 2.43. The molecular weight excluding hydrogens is 470 g/mol. The third-order valence-electron chi connectivity index (χ3n) is 6.25. The van der Waals surface area contributed by atoms with Crippen molar-refractivity contribution >= 4 is 28.8 Å². The zero-order valence-electron chi connectivity index (χ0n) is 20.5. The molecule has 35 heavy (non-hydrogen) atoms. The van der Waals surface area contributed by atoms with E-state index in [9.17, 15) is 9.59 Å². The van der Waals surface area contributed by atoms with Crippen molar-refractivity contribution in [2.75, 3.05) is 34.5 Å². The van der Waals surface area contributed by atoms with Crippen molar-refractivity contribution < 1.29 is 28.5 Å². The Kier molecular flexibility index (Phi) is 8.02. The van der Waals surface area contributed by atoms with Crippen LogP contribution in [0.2, 0.25) is 0 Å². The van der Waals surface area contributed by atoms with Gasteiger partial charge in [-0.2, -0.15) is 0 Å². The van der Waals surface area contributed by atoms with E-state index in [0.29, 0.717) is 40.9 Å². The number of nitrogens with one attached hydrogen (secondary N) is 1. The first-order chi connectivity index (χ1) is 17.0. The van der Waals surface area contributed by atoms with Crippen LogP contribution in [-0.4, -0.2) is 62.5 Å². The molecule has 0 spiro atoms. The molecule has 1 amide bonds. The van der Waals surface area contributed by atoms with E-state index in [1.165, 1.54) is 18.9 Å². The summed E-state index contributed by atoms with van der Waals surface area (Å²) in [5.74, 6) is 0.466. The van der Waals surface area contributed by atoms with E-state index in [1.54, 1.807) is 20.3 Å². The molecule has 2 atom stereocenters. The Hall–Kier alpha value is -2.98. The Labute approximate surface area is 209 Å². The SMILES string of the molecule is CCC1=C(C(=O)OC)[C@H](c2cccc(OC)c2OC)N2C(CC(=O)NC[C@@H]3CCCO3)=CSC2=N1. The molecule has 1 aromatic carbocycles. The van der Waals surface area contributed by atoms with Gasteiger partial charge in [-0.25, -0.2) is 9.79 Å². The molecule has 1 fully saturated rings. The number of benzene rings is 1. The lowest BCUT2D eigenvalue weighted by Gasteiger charge is -2.37. The minimum Gasteiger partial charge on any atom is -0.493 e. The molecule has 9 nitrogen and oxygen atoms in total. The molecule has 10 heteroatoms. The predicted molar refractivity (Wildman–Crippen MR) is 133 cm³/mol. The highest BCUT2D eigenvalue weighted by molar-refractivity contribution is 8.16. The first kappa shape index (κ1) is 25.1. The largest absolute Gasteiger partial charge is 0.493 e. The van der Waals surface area contributed by atoms with Gasteiger partial charge in [-0.05, 0) is 30.7 Å². The Balaban J connectivity index is 1.71. The number of amides is 1. The number of carbonyl (C=O) groups excluding carboxylic acids is 2. The molecule has 3 heterocycles. The first-order valence-corrected chi connectivity index (χ1v) is 12.5. The quantitative estimate of drug-likeness (QED) is 0.513. The van der Waals surface area contributed by atoms with Crippen molar-refractivity contribution in [1.29, 1.82) is 0 Å². The average molecular weight is 502 g/mol. The summed E-state index contributed by atoms with van der Waals surface area (Å²) in [7, 11) is 4.49. The number of methoxy groups -OCH3 is 3. The highest BCUT2D eigenvalue weighted by Crippen LogP contribution is 2.49. The number of aliphatic imine (C=N–C) groups is 1. The van der Waals surface area contributed by atoms with Crippen LogP contribution in [0.25, 0.3) is 0 Å². The molecule has 3 aliphatic rings. The van der Waals surface area contributed by atoms with Gasteiger partial charge >= 0.3 is 5.97 Å². The van der Waals surface area contributed by atoms with Crippen molar-refractivity contribution in [2.24, 2.45) is 4.99 Å². The third-order valence-corrected chi connectivity index (χ3v) is 7.14. The molecule has 0 aromatic heterocycles. The smallest absolute Gasteiger partial charge is 0.338 e. The van der Waals surface area contributed by atoms with E-state index in [-0.39, 0.29) is 18.4 Å². The molecule has 0 radical (unpaired) electrons. The van der Waals surface area contributed by atoms with Crippen molar-refractivity contribution in [2.45, 2.75) is 44.8 Å². The van der Waals surface area contributed by atoms with Crippen LogP contribution in [-0.2, 0) is 19.1 Å². The van der Waals surface area contributed by atoms with Crippen LogP contribution < -0.4 is 14.8 Å². The Morgan fingerprint density at radius 3 is 2.74 bits per heavy atom. The van der Waals surface area contributed by atoms with Crippen LogP contribution in [0, 0.1) is 0 Å². The molecule has 0 aliphatic carbocycles. The maximum atomic E-state index is 13.1. The number of ether oxygens (including phenoxy) is 4. The number of esters is 1. The van der Waals surface area contributed by atoms with Gasteiger partial charge in [0.1, 0.15) is 0 Å². The fraction of sp³-hybridized carbons (Fsp3) is 0.480. The number of amidine groups is 1. The van der Waals surface area contributed by atoms with Gasteiger partial charge in [0.2, 0.25) is 5.91 Å². The number of carbonyl (C=O) groups is 2. The van der Waals surface area contributed by atoms with Crippen LogP contribution in [0.4, 0.5) is 0 Å². The lowest BCUT2D eigenvalue weighted by molar-refractivity contribution is -0.136. The number of allylic oxidation sites excluding steroid dienone is 1. The van der Waals surface area contributed by atoms with Gasteiger partial charge < -0.3 is 29.2 Å². The summed E-state index contributed by atoms with van der Waals surface area (Å²) in [6.45, 7) is 3.17. The predicted octanol–water partition coefficient (Wildman–Crippen LogP) is 3.53. The van der Waals surface area contributed by atoms with Crippen molar-refractivity contribution in [3.63, 3.8) is 0 Å². The maximum Gasteiger partial charge on any atom is 0.338 e. The summed E-state index contributed by atoms with van der Waals surface area (Å²) >= 11 is 1.43. The van der Waals surface area contributed by atoms with Crippen molar-refractivity contribution in [1.82, 2.24) is 10.2 Å². The van der Waals surface area contributed by atoms with E-state index in [4.69, 9.17) is 23.9 Å². The van der Waals surface area contributed by atoms with E-state index < -0.39 is 12.0 Å². The number of rotatable bonds is 9. The molecule has 1 N–H and O–H groups in total. The second kappa shape index (κ2) is 11.2. The summed E-state index contributed by atoms with van der Waals surface area (Å²) in [6.07, 6.45) is 2.71. The number of para-hydroxylation sites is 1. The minimum absolute atomic E-state index is 0.0627. The number of hydrogen-bond acceptors (Lipinski definition) is 9. The van der Waals surface area contributed by atoms with Gasteiger partial charge in [-0.3, -0.25) is 4.79 Å². The molecule has 1 aromatic rings. The van der Waals surface area contributed by atoms with Crippen molar-refractivity contribution in [3.05, 3.63) is 46.1 Å². The van der Waals surface area contributed by atoms with Crippen molar-refractivity contribution in [3.8, 4) is 11.5 Å². The topological polar surface area (TPSA) is 98.7 Å². The number of thioether (sulfide) groups is 1. The van der Waals surface area contributed by atoms with Crippen LogP contribution in [0.3, 0.4) is 0 Å². The van der Waals surface area contributed by atoms with Crippen LogP contribution in [0.15, 0.2) is 45.6 Å². The summed E-state index contributed by atoms with van der Waals surface area (Å²) in [5.41, 5.74) is 2.52. The van der Waals surface area contributed by atoms with E-state index >= 15 is 0 Å². The Morgan fingerprint density at radius 2 is 2.09 bits per heavy atom. The Bertz CT molecular complexity index is 1080. The third kappa shape index (κ3) is 5.04. The summed E-state index contributed by atoms with van der Waals surface area (Å²) in [6, 6.07) is 4.95. The standard InChI is InChI=1S/C25H31N3O6S/c1-5-18-21(24(30)33-4)22(17-9-6-10-19(31-2)23(17)32-3)28-15(14-35-25(28)27-18)12-20(29)26-13-16-8-7-11-34-16/h6,9-10,14,16,22H,5,7-8,11-13H2,1-4H3,(H,26,29)/t16-,22-/m0/s1. The van der Waals surface area contributed by atoms with Gasteiger partial charge in [0.05, 0.1) is 51.2 Å². The second-order valence-corrected chi connectivity index (χ2v) is 9.13. The zero-order valence-corrected chi connectivity index (χ0v) is 21.3. The zero-order chi connectivity index (χ0) is 24.9. The minimum atomic E-state index is -0.595. The summed E-state index contributed by atoms with van der Waals surface area (Å²) < 4.78 is 22.0. The van der Waals surface area contributed by atoms with E-state index in [1.807, 2.05) is 29.4 Å². The van der Waals surface area contributed by atoms with Crippen LogP contribution in [0.5, 0.6) is 11.5 Å².